The van der Waals surface area contributed by atoms with E-state index in [2.05, 4.69) is 136 Å². The highest BCUT2D eigenvalue weighted by Crippen LogP contribution is 2.17. The summed E-state index contributed by atoms with van der Waals surface area (Å²) in [4.78, 5) is 38.4. The molecule has 0 aromatic rings. The molecule has 0 spiro atoms. The lowest BCUT2D eigenvalue weighted by molar-refractivity contribution is -0.166. The lowest BCUT2D eigenvalue weighted by Crippen LogP contribution is -2.30. The first-order valence-electron chi connectivity index (χ1n) is 34.0. The number of hydrogen-bond donors (Lipinski definition) is 0. The summed E-state index contributed by atoms with van der Waals surface area (Å²) in [6.07, 6.45) is 95.3. The summed E-state index contributed by atoms with van der Waals surface area (Å²) in [6, 6.07) is 0. The van der Waals surface area contributed by atoms with E-state index in [0.29, 0.717) is 19.3 Å². The minimum Gasteiger partial charge on any atom is -0.462 e. The summed E-state index contributed by atoms with van der Waals surface area (Å²) < 4.78 is 16.9. The molecule has 0 aromatic heterocycles. The molecule has 6 heteroatoms. The average Bonchev–Trinajstić information content (AvgIpc) is 3.47. The largest absolute Gasteiger partial charge is 0.462 e. The van der Waals surface area contributed by atoms with Gasteiger partial charge in [0.25, 0.3) is 0 Å². The van der Waals surface area contributed by atoms with E-state index in [0.717, 1.165) is 116 Å². The molecular formula is C75H126O6. The molecule has 1 atom stereocenters. The monoisotopic (exact) mass is 1120 g/mol. The summed E-state index contributed by atoms with van der Waals surface area (Å²) in [5.41, 5.74) is 0. The third-order valence-corrected chi connectivity index (χ3v) is 14.5. The van der Waals surface area contributed by atoms with Crippen LogP contribution in [0.25, 0.3) is 0 Å². The molecule has 0 radical (unpaired) electrons. The highest BCUT2D eigenvalue weighted by atomic mass is 16.6. The van der Waals surface area contributed by atoms with Gasteiger partial charge in [0.2, 0.25) is 0 Å². The predicted octanol–water partition coefficient (Wildman–Crippen LogP) is 23.6. The molecule has 0 aliphatic carbocycles. The van der Waals surface area contributed by atoms with Gasteiger partial charge in [0.05, 0.1) is 0 Å². The van der Waals surface area contributed by atoms with Crippen LogP contribution >= 0.6 is 0 Å². The summed E-state index contributed by atoms with van der Waals surface area (Å²) in [6.45, 7) is 6.36. The Labute approximate surface area is 501 Å². The Morgan fingerprint density at radius 1 is 0.259 bits per heavy atom. The SMILES string of the molecule is CC/C=C\C/C=C\C/C=C\C/C=C\C/C=C\C/C=C\CCC(=O)OC(COC(=O)CCCCCC/C=C\C/C=C\C/C=C\C/C=C\CC)COC(=O)CCCCCCCCCCCCCCCCCCCCCCCCCCCCC. The van der Waals surface area contributed by atoms with Gasteiger partial charge in [-0.1, -0.05) is 322 Å². The molecule has 81 heavy (non-hydrogen) atoms. The zero-order valence-electron chi connectivity index (χ0n) is 53.0. The van der Waals surface area contributed by atoms with E-state index in [1.165, 1.54) is 154 Å². The lowest BCUT2D eigenvalue weighted by Gasteiger charge is -2.18. The van der Waals surface area contributed by atoms with E-state index >= 15 is 0 Å². The Balaban J connectivity index is 4.40. The summed E-state index contributed by atoms with van der Waals surface area (Å²) in [5.74, 6) is -1.02. The van der Waals surface area contributed by atoms with Crippen molar-refractivity contribution in [3.63, 3.8) is 0 Å². The maximum atomic E-state index is 12.9. The van der Waals surface area contributed by atoms with Crippen molar-refractivity contribution in [2.45, 2.75) is 322 Å². The van der Waals surface area contributed by atoms with Crippen LogP contribution in [0.1, 0.15) is 316 Å². The van der Waals surface area contributed by atoms with Crippen molar-refractivity contribution in [1.29, 1.82) is 0 Å². The van der Waals surface area contributed by atoms with E-state index in [1.807, 2.05) is 6.08 Å². The molecule has 0 aliphatic rings. The van der Waals surface area contributed by atoms with Crippen LogP contribution in [0.15, 0.2) is 122 Å². The van der Waals surface area contributed by atoms with E-state index in [9.17, 15) is 14.4 Å². The quantitative estimate of drug-likeness (QED) is 0.0261. The van der Waals surface area contributed by atoms with Crippen LogP contribution in [0.2, 0.25) is 0 Å². The van der Waals surface area contributed by atoms with Crippen LogP contribution in [-0.4, -0.2) is 37.2 Å². The van der Waals surface area contributed by atoms with Crippen molar-refractivity contribution in [1.82, 2.24) is 0 Å². The van der Waals surface area contributed by atoms with Crippen LogP contribution in [0.5, 0.6) is 0 Å². The Bertz CT molecular complexity index is 1670. The maximum absolute atomic E-state index is 12.9. The first kappa shape index (κ1) is 76.8. The molecule has 0 N–H and O–H groups in total. The van der Waals surface area contributed by atoms with Gasteiger partial charge in [-0.25, -0.2) is 0 Å². The van der Waals surface area contributed by atoms with Crippen molar-refractivity contribution < 1.29 is 28.6 Å². The number of carbonyl (C=O) groups is 3. The van der Waals surface area contributed by atoms with Crippen molar-refractivity contribution in [3.05, 3.63) is 122 Å². The van der Waals surface area contributed by atoms with Gasteiger partial charge in [-0.2, -0.15) is 0 Å². The zero-order chi connectivity index (χ0) is 58.5. The number of unbranched alkanes of at least 4 members (excludes halogenated alkanes) is 30. The van der Waals surface area contributed by atoms with Crippen molar-refractivity contribution in [2.75, 3.05) is 13.2 Å². The van der Waals surface area contributed by atoms with E-state index in [4.69, 9.17) is 14.2 Å². The molecule has 0 rings (SSSR count). The van der Waals surface area contributed by atoms with Crippen molar-refractivity contribution >= 4 is 17.9 Å². The molecule has 0 fully saturated rings. The van der Waals surface area contributed by atoms with Crippen LogP contribution in [0.4, 0.5) is 0 Å². The fourth-order valence-electron chi connectivity index (χ4n) is 9.46. The average molecular weight is 1120 g/mol. The Morgan fingerprint density at radius 3 is 0.802 bits per heavy atom. The Morgan fingerprint density at radius 2 is 0.506 bits per heavy atom. The standard InChI is InChI=1S/C75H126O6/c1-4-7-10-13-16-19-22-25-28-31-33-34-35-36-37-38-39-40-42-44-47-50-53-56-59-62-65-68-74(77)80-71-72(70-79-73(76)67-64-61-58-55-52-49-46-43-30-27-24-21-18-15-12-9-6-3)81-75(78)69-66-63-60-57-54-51-48-45-41-32-29-26-23-20-17-14-11-8-5-2/h8-9,11-12,17-18,20-21,26-27,29-30,41,45-46,49,51,54,60,63,72H,4-7,10,13-16,19,22-25,28,31-40,42-44,47-48,50,52-53,55-59,61-62,64-71H2,1-3H3/b11-8-,12-9-,20-17-,21-18-,29-26-,30-27-,45-41-,49-46-,54-51-,63-60-. The Kier molecular flexibility index (Phi) is 64.8. The molecule has 0 aliphatic heterocycles. The molecule has 0 amide bonds. The van der Waals surface area contributed by atoms with Gasteiger partial charge in [-0.15, -0.1) is 0 Å². The van der Waals surface area contributed by atoms with Gasteiger partial charge in [-0.3, -0.25) is 14.4 Å². The number of carbonyl (C=O) groups excluding carboxylic acids is 3. The van der Waals surface area contributed by atoms with Crippen molar-refractivity contribution in [3.8, 4) is 0 Å². The second-order valence-electron chi connectivity index (χ2n) is 22.3. The maximum Gasteiger partial charge on any atom is 0.306 e. The van der Waals surface area contributed by atoms with Gasteiger partial charge in [0, 0.05) is 19.3 Å². The fourth-order valence-corrected chi connectivity index (χ4v) is 9.46. The number of esters is 3. The second kappa shape index (κ2) is 68.3. The van der Waals surface area contributed by atoms with Crippen molar-refractivity contribution in [2.24, 2.45) is 0 Å². The van der Waals surface area contributed by atoms with Gasteiger partial charge in [0.15, 0.2) is 6.10 Å². The molecule has 0 bridgehead atoms. The van der Waals surface area contributed by atoms with E-state index in [1.54, 1.807) is 0 Å². The third kappa shape index (κ3) is 66.5. The summed E-state index contributed by atoms with van der Waals surface area (Å²) in [7, 11) is 0. The summed E-state index contributed by atoms with van der Waals surface area (Å²) >= 11 is 0. The van der Waals surface area contributed by atoms with E-state index in [-0.39, 0.29) is 31.6 Å². The second-order valence-corrected chi connectivity index (χ2v) is 22.3. The topological polar surface area (TPSA) is 78.9 Å². The zero-order valence-corrected chi connectivity index (χ0v) is 53.0. The first-order chi connectivity index (χ1) is 40.0. The number of allylic oxidation sites excluding steroid dienone is 20. The van der Waals surface area contributed by atoms with Gasteiger partial charge in [0.1, 0.15) is 13.2 Å². The minimum absolute atomic E-state index is 0.116. The third-order valence-electron chi connectivity index (χ3n) is 14.5. The van der Waals surface area contributed by atoms with Gasteiger partial charge in [-0.05, 0) is 96.3 Å². The highest BCUT2D eigenvalue weighted by Gasteiger charge is 2.19. The van der Waals surface area contributed by atoms with E-state index < -0.39 is 12.1 Å². The van der Waals surface area contributed by atoms with Crippen LogP contribution < -0.4 is 0 Å². The molecule has 6 nitrogen and oxygen atoms in total. The number of hydrogen-bond acceptors (Lipinski definition) is 6. The molecule has 0 aromatic carbocycles. The molecule has 462 valence electrons. The van der Waals surface area contributed by atoms with Gasteiger partial charge < -0.3 is 14.2 Å². The van der Waals surface area contributed by atoms with Gasteiger partial charge >= 0.3 is 17.9 Å². The molecule has 1 unspecified atom stereocenters. The molecule has 0 saturated carbocycles. The van der Waals surface area contributed by atoms with Crippen LogP contribution in [0.3, 0.4) is 0 Å². The van der Waals surface area contributed by atoms with Crippen LogP contribution in [-0.2, 0) is 28.6 Å². The number of ether oxygens (including phenoxy) is 3. The van der Waals surface area contributed by atoms with Crippen LogP contribution in [0, 0.1) is 0 Å². The molecular weight excluding hydrogens is 997 g/mol. The molecule has 0 saturated heterocycles. The predicted molar refractivity (Wildman–Crippen MR) is 353 cm³/mol. The minimum atomic E-state index is -0.833. The smallest absolute Gasteiger partial charge is 0.306 e. The number of rotatable bonds is 61. The first-order valence-corrected chi connectivity index (χ1v) is 34.0. The summed E-state index contributed by atoms with van der Waals surface area (Å²) in [5, 5.41) is 0. The normalized spacial score (nSPS) is 12.9. The fraction of sp³-hybridized carbons (Fsp3) is 0.693. The molecule has 0 heterocycles. The Hall–Kier alpha value is -4.19. The lowest BCUT2D eigenvalue weighted by atomic mass is 10.0. The highest BCUT2D eigenvalue weighted by molar-refractivity contribution is 5.71.